The molecule has 0 aliphatic heterocycles. The van der Waals surface area contributed by atoms with Gasteiger partial charge in [-0.15, -0.1) is 12.4 Å². The van der Waals surface area contributed by atoms with Crippen molar-refractivity contribution in [2.75, 3.05) is 0 Å². The average molecular weight is 193 g/mol. The van der Waals surface area contributed by atoms with Crippen LogP contribution in [0.25, 0.3) is 0 Å². The zero-order chi connectivity index (χ0) is 8.27. The summed E-state index contributed by atoms with van der Waals surface area (Å²) in [6.07, 6.45) is 2.75. The summed E-state index contributed by atoms with van der Waals surface area (Å²) in [5, 5.41) is 12.1. The van der Waals surface area contributed by atoms with Gasteiger partial charge in [-0.25, -0.2) is 4.98 Å². The van der Waals surface area contributed by atoms with E-state index in [0.29, 0.717) is 0 Å². The lowest BCUT2D eigenvalue weighted by molar-refractivity contribution is -0.138. The van der Waals surface area contributed by atoms with E-state index in [1.165, 1.54) is 17.3 Å². The van der Waals surface area contributed by atoms with E-state index >= 15 is 0 Å². The lowest BCUT2D eigenvalue weighted by atomic mass is 10.3. The monoisotopic (exact) mass is 192 g/mol. The number of hydrogen-bond donors (Lipinski definition) is 2. The summed E-state index contributed by atoms with van der Waals surface area (Å²) in [6.45, 7) is 0.148. The normalized spacial score (nSPS) is 11.8. The van der Waals surface area contributed by atoms with Crippen molar-refractivity contribution in [3.63, 3.8) is 0 Å². The van der Waals surface area contributed by atoms with Crippen molar-refractivity contribution in [2.45, 2.75) is 12.6 Å². The number of carbonyl (C=O) groups is 1. The lowest BCUT2D eigenvalue weighted by Crippen LogP contribution is -2.34. The molecular weight excluding hydrogens is 184 g/mol. The maximum Gasteiger partial charge on any atom is 0.322 e. The molecule has 1 heterocycles. The number of carboxylic acids is 1. The first-order chi connectivity index (χ1) is 5.20. The second-order valence-electron chi connectivity index (χ2n) is 2.06. The highest BCUT2D eigenvalue weighted by molar-refractivity contribution is 5.85. The number of nitrogens with two attached hydrogens (primary N) is 1. The Bertz CT molecular complexity index is 238. The third-order valence-electron chi connectivity index (χ3n) is 1.17. The molecule has 1 atom stereocenters. The van der Waals surface area contributed by atoms with Gasteiger partial charge < -0.3 is 10.8 Å². The van der Waals surface area contributed by atoms with Gasteiger partial charge in [-0.3, -0.25) is 9.48 Å². The Balaban J connectivity index is 0.00000121. The number of rotatable bonds is 3. The highest BCUT2D eigenvalue weighted by atomic mass is 35.5. The number of hydrogen-bond acceptors (Lipinski definition) is 4. The molecule has 1 unspecified atom stereocenters. The summed E-state index contributed by atoms with van der Waals surface area (Å²) in [6, 6.07) is -0.920. The van der Waals surface area contributed by atoms with Crippen molar-refractivity contribution < 1.29 is 9.90 Å². The molecular formula is C5H9ClN4O2. The van der Waals surface area contributed by atoms with Gasteiger partial charge in [-0.05, 0) is 0 Å². The quantitative estimate of drug-likeness (QED) is 0.648. The maximum absolute atomic E-state index is 10.2. The van der Waals surface area contributed by atoms with Gasteiger partial charge in [0.05, 0.1) is 6.54 Å². The number of aromatic nitrogens is 3. The number of aliphatic carboxylic acids is 1. The fraction of sp³-hybridized carbons (Fsp3) is 0.400. The predicted molar refractivity (Wildman–Crippen MR) is 42.9 cm³/mol. The predicted octanol–water partition coefficient (Wildman–Crippen LogP) is -0.888. The topological polar surface area (TPSA) is 94.0 Å². The smallest absolute Gasteiger partial charge is 0.322 e. The van der Waals surface area contributed by atoms with Gasteiger partial charge in [0, 0.05) is 0 Å². The van der Waals surface area contributed by atoms with Crippen LogP contribution in [-0.4, -0.2) is 31.9 Å². The van der Waals surface area contributed by atoms with Gasteiger partial charge in [0.25, 0.3) is 0 Å². The minimum absolute atomic E-state index is 0. The van der Waals surface area contributed by atoms with Crippen molar-refractivity contribution in [3.8, 4) is 0 Å². The Morgan fingerprint density at radius 1 is 1.75 bits per heavy atom. The molecule has 1 rings (SSSR count). The number of halogens is 1. The van der Waals surface area contributed by atoms with Crippen LogP contribution < -0.4 is 5.73 Å². The Morgan fingerprint density at radius 3 is 2.83 bits per heavy atom. The molecule has 0 fully saturated rings. The summed E-state index contributed by atoms with van der Waals surface area (Å²) in [5.41, 5.74) is 5.22. The molecule has 12 heavy (non-hydrogen) atoms. The van der Waals surface area contributed by atoms with E-state index < -0.39 is 12.0 Å². The van der Waals surface area contributed by atoms with Crippen LogP contribution in [0.3, 0.4) is 0 Å². The Kier molecular flexibility index (Phi) is 4.24. The van der Waals surface area contributed by atoms with E-state index in [1.807, 2.05) is 0 Å². The minimum Gasteiger partial charge on any atom is -0.480 e. The van der Waals surface area contributed by atoms with E-state index in [9.17, 15) is 4.79 Å². The second kappa shape index (κ2) is 4.68. The molecule has 6 nitrogen and oxygen atoms in total. The molecule has 0 bridgehead atoms. The van der Waals surface area contributed by atoms with Crippen molar-refractivity contribution in [1.29, 1.82) is 0 Å². The molecule has 1 aromatic rings. The zero-order valence-electron chi connectivity index (χ0n) is 6.12. The molecule has 0 aromatic carbocycles. The SMILES string of the molecule is Cl.NC(Cn1cncn1)C(=O)O. The van der Waals surface area contributed by atoms with Gasteiger partial charge in [0.2, 0.25) is 0 Å². The van der Waals surface area contributed by atoms with Gasteiger partial charge in [-0.1, -0.05) is 0 Å². The van der Waals surface area contributed by atoms with E-state index in [-0.39, 0.29) is 19.0 Å². The molecule has 3 N–H and O–H groups in total. The Morgan fingerprint density at radius 2 is 2.42 bits per heavy atom. The molecule has 0 spiro atoms. The summed E-state index contributed by atoms with van der Waals surface area (Å²) >= 11 is 0. The van der Waals surface area contributed by atoms with Gasteiger partial charge in [0.15, 0.2) is 0 Å². The molecule has 0 saturated heterocycles. The summed E-state index contributed by atoms with van der Waals surface area (Å²) < 4.78 is 1.37. The average Bonchev–Trinajstić information content (AvgIpc) is 2.39. The van der Waals surface area contributed by atoms with E-state index in [1.54, 1.807) is 0 Å². The number of nitrogens with zero attached hydrogens (tertiary/aromatic N) is 3. The molecule has 0 saturated carbocycles. The van der Waals surface area contributed by atoms with Crippen LogP contribution in [0.5, 0.6) is 0 Å². The largest absolute Gasteiger partial charge is 0.480 e. The zero-order valence-corrected chi connectivity index (χ0v) is 6.94. The molecule has 1 aromatic heterocycles. The fourth-order valence-corrected chi connectivity index (χ4v) is 0.607. The highest BCUT2D eigenvalue weighted by Crippen LogP contribution is 1.85. The first-order valence-electron chi connectivity index (χ1n) is 3.01. The van der Waals surface area contributed by atoms with Gasteiger partial charge in [-0.2, -0.15) is 5.10 Å². The molecule has 7 heteroatoms. The standard InChI is InChI=1S/C5H8N4O2.ClH/c6-4(5(10)11)1-9-3-7-2-8-9;/h2-4H,1,6H2,(H,10,11);1H. The maximum atomic E-state index is 10.2. The second-order valence-corrected chi connectivity index (χ2v) is 2.06. The van der Waals surface area contributed by atoms with Crippen molar-refractivity contribution in [1.82, 2.24) is 14.8 Å². The summed E-state index contributed by atoms with van der Waals surface area (Å²) in [4.78, 5) is 13.9. The van der Waals surface area contributed by atoms with Gasteiger partial charge in [0.1, 0.15) is 18.7 Å². The lowest BCUT2D eigenvalue weighted by Gasteiger charge is -2.04. The van der Waals surface area contributed by atoms with Crippen molar-refractivity contribution in [2.24, 2.45) is 5.73 Å². The number of carboxylic acid groups (broad SMARTS) is 1. The van der Waals surface area contributed by atoms with E-state index in [0.717, 1.165) is 0 Å². The van der Waals surface area contributed by atoms with Crippen LogP contribution in [0.4, 0.5) is 0 Å². The Labute approximate surface area is 74.8 Å². The molecule has 0 aliphatic carbocycles. The fourth-order valence-electron chi connectivity index (χ4n) is 0.607. The van der Waals surface area contributed by atoms with Crippen molar-refractivity contribution in [3.05, 3.63) is 12.7 Å². The first-order valence-corrected chi connectivity index (χ1v) is 3.01. The van der Waals surface area contributed by atoms with Crippen LogP contribution >= 0.6 is 12.4 Å². The van der Waals surface area contributed by atoms with Crippen LogP contribution in [0.1, 0.15) is 0 Å². The van der Waals surface area contributed by atoms with Crippen LogP contribution in [0.2, 0.25) is 0 Å². The van der Waals surface area contributed by atoms with E-state index in [4.69, 9.17) is 10.8 Å². The highest BCUT2D eigenvalue weighted by Gasteiger charge is 2.11. The molecule has 68 valence electrons. The Hall–Kier alpha value is -1.14. The first kappa shape index (κ1) is 10.9. The third kappa shape index (κ3) is 2.85. The minimum atomic E-state index is -1.04. The molecule has 0 aliphatic rings. The third-order valence-corrected chi connectivity index (χ3v) is 1.17. The van der Waals surface area contributed by atoms with Crippen molar-refractivity contribution >= 4 is 18.4 Å². The van der Waals surface area contributed by atoms with Crippen LogP contribution in [0, 0.1) is 0 Å². The van der Waals surface area contributed by atoms with Crippen LogP contribution in [0.15, 0.2) is 12.7 Å². The summed E-state index contributed by atoms with van der Waals surface area (Å²) in [7, 11) is 0. The van der Waals surface area contributed by atoms with Crippen LogP contribution in [-0.2, 0) is 11.3 Å². The van der Waals surface area contributed by atoms with Gasteiger partial charge >= 0.3 is 5.97 Å². The molecule has 0 radical (unpaired) electrons. The summed E-state index contributed by atoms with van der Waals surface area (Å²) in [5.74, 6) is -1.04. The molecule has 0 amide bonds. The van der Waals surface area contributed by atoms with E-state index in [2.05, 4.69) is 10.1 Å².